The first-order chi connectivity index (χ1) is 10.6. The fraction of sp³-hybridized carbons (Fsp3) is 0.250. The van der Waals surface area contributed by atoms with Crippen LogP contribution in [0.1, 0.15) is 27.9 Å². The monoisotopic (exact) mass is 364 g/mol. The maximum absolute atomic E-state index is 12.2. The molecule has 0 unspecified atom stereocenters. The molecule has 0 atom stereocenters. The van der Waals surface area contributed by atoms with Gasteiger partial charge < -0.3 is 14.8 Å². The van der Waals surface area contributed by atoms with Gasteiger partial charge in [0, 0.05) is 36.1 Å². The Bertz CT molecular complexity index is 655. The topological polar surface area (TPSA) is 60.5 Å². The number of anilines is 1. The van der Waals surface area contributed by atoms with Crippen LogP contribution < -0.4 is 5.32 Å². The average molecular weight is 365 g/mol. The van der Waals surface area contributed by atoms with Crippen molar-refractivity contribution >= 4 is 27.5 Å². The summed E-state index contributed by atoms with van der Waals surface area (Å²) in [5.41, 5.74) is 2.79. The second-order valence-corrected chi connectivity index (χ2v) is 5.50. The molecule has 116 valence electrons. The van der Waals surface area contributed by atoms with Gasteiger partial charge in [0.15, 0.2) is 6.29 Å². The standard InChI is InChI=1S/C16H17BrN2O3/c1-10-12(17)5-4-6-13(10)19-15(20)14-8-7-11(9-18-14)16(21-2)22-3/h4-9,16H,1-3H3,(H,19,20). The molecule has 5 nitrogen and oxygen atoms in total. The highest BCUT2D eigenvalue weighted by molar-refractivity contribution is 9.10. The van der Waals surface area contributed by atoms with Gasteiger partial charge in [0.2, 0.25) is 0 Å². The van der Waals surface area contributed by atoms with Crippen molar-refractivity contribution in [3.8, 4) is 0 Å². The van der Waals surface area contributed by atoms with E-state index in [2.05, 4.69) is 26.2 Å². The quantitative estimate of drug-likeness (QED) is 0.821. The van der Waals surface area contributed by atoms with E-state index in [1.54, 1.807) is 32.5 Å². The van der Waals surface area contributed by atoms with E-state index in [1.165, 1.54) is 0 Å². The van der Waals surface area contributed by atoms with Gasteiger partial charge in [0.25, 0.3) is 5.91 Å². The number of methoxy groups -OCH3 is 2. The van der Waals surface area contributed by atoms with Crippen molar-refractivity contribution in [2.45, 2.75) is 13.2 Å². The Labute approximate surface area is 137 Å². The Kier molecular flexibility index (Phi) is 5.65. The molecule has 1 amide bonds. The Morgan fingerprint density at radius 1 is 1.23 bits per heavy atom. The van der Waals surface area contributed by atoms with Gasteiger partial charge in [-0.1, -0.05) is 28.1 Å². The van der Waals surface area contributed by atoms with Crippen molar-refractivity contribution in [2.75, 3.05) is 19.5 Å². The van der Waals surface area contributed by atoms with Crippen LogP contribution in [0.15, 0.2) is 41.0 Å². The summed E-state index contributed by atoms with van der Waals surface area (Å²) in [6, 6.07) is 9.03. The number of hydrogen-bond acceptors (Lipinski definition) is 4. The van der Waals surface area contributed by atoms with E-state index in [1.807, 2.05) is 25.1 Å². The van der Waals surface area contributed by atoms with Gasteiger partial charge in [-0.25, -0.2) is 0 Å². The first kappa shape index (κ1) is 16.6. The predicted molar refractivity (Wildman–Crippen MR) is 87.8 cm³/mol. The van der Waals surface area contributed by atoms with E-state index in [0.717, 1.165) is 21.3 Å². The van der Waals surface area contributed by atoms with Crippen LogP contribution in [0.4, 0.5) is 5.69 Å². The minimum absolute atomic E-state index is 0.265. The number of nitrogens with zero attached hydrogens (tertiary/aromatic N) is 1. The Morgan fingerprint density at radius 2 is 1.95 bits per heavy atom. The summed E-state index contributed by atoms with van der Waals surface area (Å²) in [4.78, 5) is 16.4. The Morgan fingerprint density at radius 3 is 2.55 bits per heavy atom. The average Bonchev–Trinajstić information content (AvgIpc) is 2.53. The zero-order valence-electron chi connectivity index (χ0n) is 12.6. The molecule has 0 spiro atoms. The smallest absolute Gasteiger partial charge is 0.274 e. The van der Waals surface area contributed by atoms with E-state index in [9.17, 15) is 4.79 Å². The summed E-state index contributed by atoms with van der Waals surface area (Å²) in [6.07, 6.45) is 1.08. The number of halogens is 1. The lowest BCUT2D eigenvalue weighted by molar-refractivity contribution is -0.106. The summed E-state index contributed by atoms with van der Waals surface area (Å²) >= 11 is 3.44. The van der Waals surface area contributed by atoms with E-state index in [4.69, 9.17) is 9.47 Å². The summed E-state index contributed by atoms with van der Waals surface area (Å²) in [5, 5.41) is 2.85. The summed E-state index contributed by atoms with van der Waals surface area (Å²) in [5.74, 6) is -0.265. The molecule has 0 aliphatic carbocycles. The summed E-state index contributed by atoms with van der Waals surface area (Å²) in [6.45, 7) is 1.93. The molecule has 2 rings (SSSR count). The van der Waals surface area contributed by atoms with E-state index in [0.29, 0.717) is 5.69 Å². The molecule has 1 N–H and O–H groups in total. The second-order valence-electron chi connectivity index (χ2n) is 4.65. The van der Waals surface area contributed by atoms with Gasteiger partial charge in [-0.2, -0.15) is 0 Å². The molecule has 0 bridgehead atoms. The third kappa shape index (κ3) is 3.71. The third-order valence-corrected chi connectivity index (χ3v) is 4.09. The maximum Gasteiger partial charge on any atom is 0.274 e. The molecule has 0 radical (unpaired) electrons. The van der Waals surface area contributed by atoms with Gasteiger partial charge in [-0.15, -0.1) is 0 Å². The first-order valence-corrected chi connectivity index (χ1v) is 7.44. The molecule has 22 heavy (non-hydrogen) atoms. The fourth-order valence-corrected chi connectivity index (χ4v) is 2.34. The van der Waals surface area contributed by atoms with Gasteiger partial charge in [-0.3, -0.25) is 9.78 Å². The highest BCUT2D eigenvalue weighted by Crippen LogP contribution is 2.24. The normalized spacial score (nSPS) is 10.8. The van der Waals surface area contributed by atoms with Crippen LogP contribution in [-0.4, -0.2) is 25.1 Å². The number of aromatic nitrogens is 1. The minimum atomic E-state index is -0.489. The van der Waals surface area contributed by atoms with E-state index >= 15 is 0 Å². The molecular formula is C16H17BrN2O3. The zero-order valence-corrected chi connectivity index (χ0v) is 14.2. The van der Waals surface area contributed by atoms with Gasteiger partial charge >= 0.3 is 0 Å². The summed E-state index contributed by atoms with van der Waals surface area (Å²) in [7, 11) is 3.09. The van der Waals surface area contributed by atoms with Crippen LogP contribution in [-0.2, 0) is 9.47 Å². The lowest BCUT2D eigenvalue weighted by Crippen LogP contribution is -2.15. The minimum Gasteiger partial charge on any atom is -0.352 e. The highest BCUT2D eigenvalue weighted by atomic mass is 79.9. The molecule has 0 aliphatic rings. The highest BCUT2D eigenvalue weighted by Gasteiger charge is 2.13. The number of amides is 1. The Hall–Kier alpha value is -1.76. The van der Waals surface area contributed by atoms with Crippen LogP contribution >= 0.6 is 15.9 Å². The molecule has 0 saturated carbocycles. The van der Waals surface area contributed by atoms with Crippen LogP contribution in [0.25, 0.3) is 0 Å². The van der Waals surface area contributed by atoms with Crippen molar-refractivity contribution in [2.24, 2.45) is 0 Å². The van der Waals surface area contributed by atoms with Crippen LogP contribution in [0.3, 0.4) is 0 Å². The number of pyridine rings is 1. The number of ether oxygens (including phenoxy) is 2. The number of nitrogens with one attached hydrogen (secondary N) is 1. The van der Waals surface area contributed by atoms with Crippen molar-refractivity contribution in [3.05, 3.63) is 57.8 Å². The molecule has 2 aromatic rings. The SMILES string of the molecule is COC(OC)c1ccc(C(=O)Nc2cccc(Br)c2C)nc1. The van der Waals surface area contributed by atoms with Crippen molar-refractivity contribution < 1.29 is 14.3 Å². The second kappa shape index (κ2) is 7.49. The fourth-order valence-electron chi connectivity index (χ4n) is 1.98. The molecule has 0 saturated heterocycles. The molecular weight excluding hydrogens is 348 g/mol. The number of carbonyl (C=O) groups is 1. The van der Waals surface area contributed by atoms with Gasteiger partial charge in [0.1, 0.15) is 5.69 Å². The van der Waals surface area contributed by atoms with E-state index in [-0.39, 0.29) is 5.91 Å². The largest absolute Gasteiger partial charge is 0.352 e. The van der Waals surface area contributed by atoms with Crippen molar-refractivity contribution in [1.29, 1.82) is 0 Å². The van der Waals surface area contributed by atoms with Gasteiger partial charge in [-0.05, 0) is 30.7 Å². The van der Waals surface area contributed by atoms with Crippen molar-refractivity contribution in [3.63, 3.8) is 0 Å². The lowest BCUT2D eigenvalue weighted by Gasteiger charge is -2.13. The molecule has 0 fully saturated rings. The predicted octanol–water partition coefficient (Wildman–Crippen LogP) is 3.70. The van der Waals surface area contributed by atoms with Crippen LogP contribution in [0.2, 0.25) is 0 Å². The molecule has 1 aromatic carbocycles. The Balaban J connectivity index is 2.15. The summed E-state index contributed by atoms with van der Waals surface area (Å²) < 4.78 is 11.2. The molecule has 6 heteroatoms. The first-order valence-electron chi connectivity index (χ1n) is 6.64. The van der Waals surface area contributed by atoms with Gasteiger partial charge in [0.05, 0.1) is 0 Å². The van der Waals surface area contributed by atoms with E-state index < -0.39 is 6.29 Å². The number of hydrogen-bond donors (Lipinski definition) is 1. The number of benzene rings is 1. The van der Waals surface area contributed by atoms with Crippen LogP contribution in [0, 0.1) is 6.92 Å². The molecule has 1 heterocycles. The van der Waals surface area contributed by atoms with Crippen LogP contribution in [0.5, 0.6) is 0 Å². The number of carbonyl (C=O) groups excluding carboxylic acids is 1. The molecule has 0 aliphatic heterocycles. The molecule has 1 aromatic heterocycles. The third-order valence-electron chi connectivity index (χ3n) is 3.24. The maximum atomic E-state index is 12.2. The zero-order chi connectivity index (χ0) is 16.1. The lowest BCUT2D eigenvalue weighted by atomic mass is 10.2. The van der Waals surface area contributed by atoms with Crippen molar-refractivity contribution in [1.82, 2.24) is 4.98 Å². The number of rotatable bonds is 5.